The predicted molar refractivity (Wildman–Crippen MR) is 79.4 cm³/mol. The van der Waals surface area contributed by atoms with Crippen LogP contribution in [0, 0.1) is 0 Å². The molecule has 2 rings (SSSR count). The van der Waals surface area contributed by atoms with Crippen molar-refractivity contribution in [2.24, 2.45) is 7.05 Å². The zero-order valence-electron chi connectivity index (χ0n) is 12.3. The average molecular weight is 289 g/mol. The van der Waals surface area contributed by atoms with E-state index in [4.69, 9.17) is 4.74 Å². The van der Waals surface area contributed by atoms with Gasteiger partial charge in [0.05, 0.1) is 17.4 Å². The van der Waals surface area contributed by atoms with Gasteiger partial charge in [0.15, 0.2) is 0 Å². The van der Waals surface area contributed by atoms with Gasteiger partial charge in [0.2, 0.25) is 0 Å². The van der Waals surface area contributed by atoms with Crippen molar-refractivity contribution in [3.8, 4) is 5.75 Å². The van der Waals surface area contributed by atoms with Crippen molar-refractivity contribution in [3.05, 3.63) is 42.2 Å². The van der Waals surface area contributed by atoms with Crippen LogP contribution in [-0.2, 0) is 7.05 Å². The predicted octanol–water partition coefficient (Wildman–Crippen LogP) is 1.82. The van der Waals surface area contributed by atoms with Crippen molar-refractivity contribution < 1.29 is 14.6 Å². The quantitative estimate of drug-likeness (QED) is 0.880. The first kappa shape index (κ1) is 15.1. The maximum atomic E-state index is 11.9. The molecule has 0 radical (unpaired) electrons. The zero-order chi connectivity index (χ0) is 15.5. The Morgan fingerprint density at radius 3 is 2.57 bits per heavy atom. The number of ether oxygens (including phenoxy) is 1. The van der Waals surface area contributed by atoms with E-state index in [9.17, 15) is 9.90 Å². The molecule has 6 nitrogen and oxygen atoms in total. The minimum atomic E-state index is -0.882. The molecule has 2 N–H and O–H groups in total. The number of aliphatic hydroxyl groups is 1. The van der Waals surface area contributed by atoms with Crippen LogP contribution >= 0.6 is 0 Å². The van der Waals surface area contributed by atoms with Gasteiger partial charge >= 0.3 is 0 Å². The number of nitrogens with one attached hydrogen (secondary N) is 1. The molecule has 0 atom stereocenters. The van der Waals surface area contributed by atoms with Crippen LogP contribution in [0.4, 0.5) is 5.69 Å². The molecule has 1 aromatic carbocycles. The number of amides is 1. The minimum absolute atomic E-state index is 0.203. The Hall–Kier alpha value is -2.34. The number of nitrogens with zero attached hydrogens (tertiary/aromatic N) is 2. The van der Waals surface area contributed by atoms with Gasteiger partial charge in [-0.3, -0.25) is 9.48 Å². The lowest BCUT2D eigenvalue weighted by Gasteiger charge is -2.17. The Kier molecular flexibility index (Phi) is 4.28. The fourth-order valence-electron chi connectivity index (χ4n) is 1.64. The van der Waals surface area contributed by atoms with Crippen LogP contribution in [0.25, 0.3) is 0 Å². The van der Waals surface area contributed by atoms with Crippen LogP contribution in [0.15, 0.2) is 36.7 Å². The molecule has 0 aliphatic heterocycles. The summed E-state index contributed by atoms with van der Waals surface area (Å²) in [6, 6.07) is 6.97. The van der Waals surface area contributed by atoms with Crippen molar-refractivity contribution in [1.82, 2.24) is 9.78 Å². The minimum Gasteiger partial charge on any atom is -0.491 e. The molecule has 0 saturated carbocycles. The average Bonchev–Trinajstić information content (AvgIpc) is 2.84. The second-order valence-corrected chi connectivity index (χ2v) is 5.48. The van der Waals surface area contributed by atoms with Gasteiger partial charge < -0.3 is 15.2 Å². The first-order valence-electron chi connectivity index (χ1n) is 6.59. The van der Waals surface area contributed by atoms with Gasteiger partial charge in [-0.2, -0.15) is 5.10 Å². The van der Waals surface area contributed by atoms with Gasteiger partial charge in [0, 0.05) is 18.9 Å². The summed E-state index contributed by atoms with van der Waals surface area (Å²) in [4.78, 5) is 11.9. The molecule has 0 aliphatic rings. The summed E-state index contributed by atoms with van der Waals surface area (Å²) < 4.78 is 7.01. The second-order valence-electron chi connectivity index (χ2n) is 5.48. The lowest BCUT2D eigenvalue weighted by Crippen LogP contribution is -2.27. The molecule has 0 unspecified atom stereocenters. The Labute approximate surface area is 123 Å². The van der Waals surface area contributed by atoms with E-state index in [1.54, 1.807) is 56.0 Å². The standard InChI is InChI=1S/C15H19N3O3/c1-15(2,20)10-21-13-6-4-12(5-7-13)17-14(19)11-8-16-18(3)9-11/h4-9,20H,10H2,1-3H3,(H,17,19). The molecule has 21 heavy (non-hydrogen) atoms. The van der Waals surface area contributed by atoms with Crippen molar-refractivity contribution >= 4 is 11.6 Å². The smallest absolute Gasteiger partial charge is 0.258 e. The van der Waals surface area contributed by atoms with E-state index in [2.05, 4.69) is 10.4 Å². The van der Waals surface area contributed by atoms with E-state index >= 15 is 0 Å². The molecule has 1 heterocycles. The Bertz CT molecular complexity index is 612. The third kappa shape index (κ3) is 4.61. The molecule has 0 aliphatic carbocycles. The number of carbonyl (C=O) groups excluding carboxylic acids is 1. The van der Waals surface area contributed by atoms with Crippen LogP contribution in [0.5, 0.6) is 5.75 Å². The number of hydrogen-bond donors (Lipinski definition) is 2. The highest BCUT2D eigenvalue weighted by atomic mass is 16.5. The number of benzene rings is 1. The van der Waals surface area contributed by atoms with Gasteiger partial charge in [-0.05, 0) is 38.1 Å². The Balaban J connectivity index is 1.94. The van der Waals surface area contributed by atoms with Crippen molar-refractivity contribution in [2.75, 3.05) is 11.9 Å². The van der Waals surface area contributed by atoms with E-state index in [1.165, 1.54) is 6.20 Å². The number of aryl methyl sites for hydroxylation is 1. The lowest BCUT2D eigenvalue weighted by molar-refractivity contribution is 0.0285. The number of anilines is 1. The van der Waals surface area contributed by atoms with E-state index in [1.807, 2.05) is 0 Å². The van der Waals surface area contributed by atoms with E-state index < -0.39 is 5.60 Å². The zero-order valence-corrected chi connectivity index (χ0v) is 12.3. The maximum absolute atomic E-state index is 11.9. The van der Waals surface area contributed by atoms with Crippen molar-refractivity contribution in [3.63, 3.8) is 0 Å². The van der Waals surface area contributed by atoms with Crippen LogP contribution in [0.1, 0.15) is 24.2 Å². The fraction of sp³-hybridized carbons (Fsp3) is 0.333. The van der Waals surface area contributed by atoms with Crippen LogP contribution in [-0.4, -0.2) is 33.0 Å². The molecule has 1 aromatic heterocycles. The normalized spacial score (nSPS) is 11.2. The Morgan fingerprint density at radius 1 is 1.38 bits per heavy atom. The van der Waals surface area contributed by atoms with Gasteiger partial charge in [-0.1, -0.05) is 0 Å². The van der Waals surface area contributed by atoms with Gasteiger partial charge in [0.25, 0.3) is 5.91 Å². The van der Waals surface area contributed by atoms with Crippen LogP contribution in [0.3, 0.4) is 0 Å². The third-order valence-corrected chi connectivity index (χ3v) is 2.67. The molecule has 0 saturated heterocycles. The molecule has 1 amide bonds. The van der Waals surface area contributed by atoms with Crippen molar-refractivity contribution in [1.29, 1.82) is 0 Å². The first-order valence-corrected chi connectivity index (χ1v) is 6.59. The molecule has 6 heteroatoms. The van der Waals surface area contributed by atoms with Gasteiger partial charge in [-0.25, -0.2) is 0 Å². The number of aromatic nitrogens is 2. The highest BCUT2D eigenvalue weighted by molar-refractivity contribution is 6.03. The monoisotopic (exact) mass is 289 g/mol. The SMILES string of the molecule is Cn1cc(C(=O)Nc2ccc(OCC(C)(C)O)cc2)cn1. The highest BCUT2D eigenvalue weighted by Crippen LogP contribution is 2.17. The summed E-state index contributed by atoms with van der Waals surface area (Å²) in [5, 5.41) is 16.3. The fourth-order valence-corrected chi connectivity index (χ4v) is 1.64. The summed E-state index contributed by atoms with van der Waals surface area (Å²) in [5.41, 5.74) is 0.284. The second kappa shape index (κ2) is 5.97. The highest BCUT2D eigenvalue weighted by Gasteiger charge is 2.13. The first-order chi connectivity index (χ1) is 9.83. The van der Waals surface area contributed by atoms with E-state index in [0.717, 1.165) is 0 Å². The van der Waals surface area contributed by atoms with E-state index in [-0.39, 0.29) is 12.5 Å². The van der Waals surface area contributed by atoms with E-state index in [0.29, 0.717) is 17.0 Å². The number of rotatable bonds is 5. The molecule has 2 aromatic rings. The summed E-state index contributed by atoms with van der Waals surface area (Å²) in [6.07, 6.45) is 3.16. The number of hydrogen-bond acceptors (Lipinski definition) is 4. The van der Waals surface area contributed by atoms with Crippen LogP contribution < -0.4 is 10.1 Å². The molecule has 0 spiro atoms. The summed E-state index contributed by atoms with van der Waals surface area (Å²) in [6.45, 7) is 3.55. The molecular weight excluding hydrogens is 270 g/mol. The summed E-state index contributed by atoms with van der Waals surface area (Å²) in [7, 11) is 1.76. The lowest BCUT2D eigenvalue weighted by atomic mass is 10.2. The number of carbonyl (C=O) groups is 1. The topological polar surface area (TPSA) is 76.4 Å². The molecular formula is C15H19N3O3. The maximum Gasteiger partial charge on any atom is 0.258 e. The molecule has 0 fully saturated rings. The Morgan fingerprint density at radius 2 is 2.05 bits per heavy atom. The molecule has 112 valence electrons. The van der Waals surface area contributed by atoms with Crippen LogP contribution in [0.2, 0.25) is 0 Å². The summed E-state index contributed by atoms with van der Waals surface area (Å²) >= 11 is 0. The largest absolute Gasteiger partial charge is 0.491 e. The third-order valence-electron chi connectivity index (χ3n) is 2.67. The summed E-state index contributed by atoms with van der Waals surface area (Å²) in [5.74, 6) is 0.421. The molecule has 0 bridgehead atoms. The van der Waals surface area contributed by atoms with Gasteiger partial charge in [0.1, 0.15) is 12.4 Å². The van der Waals surface area contributed by atoms with Gasteiger partial charge in [-0.15, -0.1) is 0 Å². The van der Waals surface area contributed by atoms with Crippen molar-refractivity contribution in [2.45, 2.75) is 19.4 Å².